The molecular weight excluding hydrogens is 428 g/mol. The van der Waals surface area contributed by atoms with E-state index in [1.54, 1.807) is 0 Å². The smallest absolute Gasteiger partial charge is 0.0622 e. The molecule has 0 nitrogen and oxygen atoms in total. The topological polar surface area (TPSA) is 0 Å². The third kappa shape index (κ3) is 2.27. The molecule has 0 N–H and O–H groups in total. The molecule has 0 saturated heterocycles. The van der Waals surface area contributed by atoms with Gasteiger partial charge in [-0.15, -0.1) is 0 Å². The molecule has 0 spiro atoms. The van der Waals surface area contributed by atoms with E-state index < -0.39 is 0 Å². The minimum Gasteiger partial charge on any atom is -0.0622 e. The van der Waals surface area contributed by atoms with Crippen LogP contribution in [0.2, 0.25) is 0 Å². The lowest BCUT2D eigenvalue weighted by Crippen LogP contribution is -2.28. The van der Waals surface area contributed by atoms with Crippen LogP contribution in [0.25, 0.3) is 21.9 Å². The molecular formula is C29H19Br. The lowest BCUT2D eigenvalue weighted by Gasteiger charge is -2.34. The van der Waals surface area contributed by atoms with Crippen molar-refractivity contribution in [2.75, 3.05) is 0 Å². The van der Waals surface area contributed by atoms with Crippen LogP contribution in [0.1, 0.15) is 22.3 Å². The molecule has 1 aliphatic carbocycles. The van der Waals surface area contributed by atoms with Crippen molar-refractivity contribution in [3.63, 3.8) is 0 Å². The molecule has 30 heavy (non-hydrogen) atoms. The highest BCUT2D eigenvalue weighted by molar-refractivity contribution is 9.10. The predicted molar refractivity (Wildman–Crippen MR) is 129 cm³/mol. The SMILES string of the molecule is Brc1cccc2c1-c1ccc3ccccc3c1C2(c1ccccc1)c1ccccc1. The molecule has 0 atom stereocenters. The predicted octanol–water partition coefficient (Wildman–Crippen LogP) is 7.97. The zero-order chi connectivity index (χ0) is 20.1. The van der Waals surface area contributed by atoms with Crippen LogP contribution >= 0.6 is 15.9 Å². The molecule has 5 aromatic carbocycles. The van der Waals surface area contributed by atoms with Gasteiger partial charge >= 0.3 is 0 Å². The fourth-order valence-corrected chi connectivity index (χ4v) is 5.85. The van der Waals surface area contributed by atoms with Crippen LogP contribution < -0.4 is 0 Å². The Hall–Kier alpha value is -3.16. The van der Waals surface area contributed by atoms with Gasteiger partial charge in [0.05, 0.1) is 5.41 Å². The Balaban J connectivity index is 1.90. The summed E-state index contributed by atoms with van der Waals surface area (Å²) in [6, 6.07) is 41.8. The van der Waals surface area contributed by atoms with Crippen molar-refractivity contribution in [1.82, 2.24) is 0 Å². The number of halogens is 1. The first-order chi connectivity index (χ1) is 14.8. The molecule has 0 unspecified atom stereocenters. The number of fused-ring (bicyclic) bond motifs is 5. The zero-order valence-corrected chi connectivity index (χ0v) is 17.9. The fraction of sp³-hybridized carbons (Fsp3) is 0.0345. The van der Waals surface area contributed by atoms with Gasteiger partial charge in [0.25, 0.3) is 0 Å². The molecule has 0 radical (unpaired) electrons. The molecule has 0 aliphatic heterocycles. The van der Waals surface area contributed by atoms with Gasteiger partial charge in [-0.3, -0.25) is 0 Å². The van der Waals surface area contributed by atoms with Crippen molar-refractivity contribution in [2.24, 2.45) is 0 Å². The Kier molecular flexibility index (Phi) is 3.94. The van der Waals surface area contributed by atoms with Gasteiger partial charge in [0.1, 0.15) is 0 Å². The molecule has 1 heteroatoms. The second kappa shape index (κ2) is 6.68. The Morgan fingerprint density at radius 1 is 0.533 bits per heavy atom. The van der Waals surface area contributed by atoms with E-state index in [9.17, 15) is 0 Å². The van der Waals surface area contributed by atoms with Crippen LogP contribution in [0.5, 0.6) is 0 Å². The highest BCUT2D eigenvalue weighted by Gasteiger charge is 2.47. The third-order valence-electron chi connectivity index (χ3n) is 6.40. The Bertz CT molecular complexity index is 1350. The lowest BCUT2D eigenvalue weighted by molar-refractivity contribution is 0.775. The van der Waals surface area contributed by atoms with Gasteiger partial charge in [0.2, 0.25) is 0 Å². The second-order valence-corrected chi connectivity index (χ2v) is 8.71. The maximum atomic E-state index is 3.88. The molecule has 0 aromatic heterocycles. The quantitative estimate of drug-likeness (QED) is 0.253. The summed E-state index contributed by atoms with van der Waals surface area (Å²) in [6.07, 6.45) is 0. The highest BCUT2D eigenvalue weighted by Crippen LogP contribution is 2.59. The second-order valence-electron chi connectivity index (χ2n) is 7.85. The average molecular weight is 447 g/mol. The molecule has 0 amide bonds. The number of hydrogen-bond acceptors (Lipinski definition) is 0. The summed E-state index contributed by atoms with van der Waals surface area (Å²) in [5, 5.41) is 2.59. The van der Waals surface area contributed by atoms with Crippen LogP contribution in [-0.2, 0) is 5.41 Å². The molecule has 0 bridgehead atoms. The van der Waals surface area contributed by atoms with E-state index >= 15 is 0 Å². The average Bonchev–Trinajstić information content (AvgIpc) is 3.13. The Morgan fingerprint density at radius 2 is 1.17 bits per heavy atom. The summed E-state index contributed by atoms with van der Waals surface area (Å²) in [5.41, 5.74) is 7.55. The Morgan fingerprint density at radius 3 is 1.87 bits per heavy atom. The van der Waals surface area contributed by atoms with Crippen LogP contribution in [0.3, 0.4) is 0 Å². The third-order valence-corrected chi connectivity index (χ3v) is 7.07. The van der Waals surface area contributed by atoms with Gasteiger partial charge in [0.15, 0.2) is 0 Å². The first-order valence-corrected chi connectivity index (χ1v) is 11.0. The van der Waals surface area contributed by atoms with Crippen molar-refractivity contribution >= 4 is 26.7 Å². The van der Waals surface area contributed by atoms with E-state index in [1.807, 2.05) is 0 Å². The molecule has 142 valence electrons. The van der Waals surface area contributed by atoms with E-state index in [0.717, 1.165) is 4.47 Å². The van der Waals surface area contributed by atoms with Crippen molar-refractivity contribution in [1.29, 1.82) is 0 Å². The minimum absolute atomic E-state index is 0.363. The van der Waals surface area contributed by atoms with Gasteiger partial charge in [0, 0.05) is 10.0 Å². The van der Waals surface area contributed by atoms with Crippen LogP contribution in [0.4, 0.5) is 0 Å². The Labute approximate surface area is 185 Å². The number of rotatable bonds is 2. The monoisotopic (exact) mass is 446 g/mol. The van der Waals surface area contributed by atoms with Crippen LogP contribution in [-0.4, -0.2) is 0 Å². The van der Waals surface area contributed by atoms with E-state index in [4.69, 9.17) is 0 Å². The van der Waals surface area contributed by atoms with Crippen molar-refractivity contribution in [3.05, 3.63) is 142 Å². The van der Waals surface area contributed by atoms with E-state index in [-0.39, 0.29) is 5.41 Å². The summed E-state index contributed by atoms with van der Waals surface area (Å²) in [5.74, 6) is 0. The van der Waals surface area contributed by atoms with Crippen molar-refractivity contribution in [3.8, 4) is 11.1 Å². The molecule has 0 saturated carbocycles. The van der Waals surface area contributed by atoms with E-state index in [0.29, 0.717) is 0 Å². The van der Waals surface area contributed by atoms with E-state index in [1.165, 1.54) is 44.2 Å². The fourth-order valence-electron chi connectivity index (χ4n) is 5.27. The maximum Gasteiger partial charge on any atom is 0.0719 e. The van der Waals surface area contributed by atoms with Crippen molar-refractivity contribution in [2.45, 2.75) is 5.41 Å². The molecule has 0 heterocycles. The van der Waals surface area contributed by atoms with E-state index in [2.05, 4.69) is 131 Å². The summed E-state index contributed by atoms with van der Waals surface area (Å²) in [6.45, 7) is 0. The molecule has 5 aromatic rings. The van der Waals surface area contributed by atoms with Crippen molar-refractivity contribution < 1.29 is 0 Å². The van der Waals surface area contributed by atoms with Gasteiger partial charge < -0.3 is 0 Å². The van der Waals surface area contributed by atoms with Gasteiger partial charge in [-0.1, -0.05) is 125 Å². The minimum atomic E-state index is -0.363. The highest BCUT2D eigenvalue weighted by atomic mass is 79.9. The summed E-state index contributed by atoms with van der Waals surface area (Å²) < 4.78 is 1.14. The molecule has 1 aliphatic rings. The molecule has 0 fully saturated rings. The first-order valence-electron chi connectivity index (χ1n) is 10.2. The summed E-state index contributed by atoms with van der Waals surface area (Å²) in [7, 11) is 0. The molecule has 6 rings (SSSR count). The normalized spacial score (nSPS) is 13.8. The van der Waals surface area contributed by atoms with Gasteiger partial charge in [-0.25, -0.2) is 0 Å². The number of hydrogen-bond donors (Lipinski definition) is 0. The largest absolute Gasteiger partial charge is 0.0719 e. The standard InChI is InChI=1S/C29H19Br/c30-26-17-9-16-25-27(26)24-19-18-20-10-7-8-15-23(20)28(24)29(25,21-11-3-1-4-12-21)22-13-5-2-6-14-22/h1-19H. The summed E-state index contributed by atoms with van der Waals surface area (Å²) in [4.78, 5) is 0. The zero-order valence-electron chi connectivity index (χ0n) is 16.3. The van der Waals surface area contributed by atoms with Gasteiger partial charge in [-0.2, -0.15) is 0 Å². The maximum absolute atomic E-state index is 3.88. The van der Waals surface area contributed by atoms with Gasteiger partial charge in [-0.05, 0) is 44.7 Å². The lowest BCUT2D eigenvalue weighted by atomic mass is 9.67. The van der Waals surface area contributed by atoms with Crippen LogP contribution in [0, 0.1) is 0 Å². The van der Waals surface area contributed by atoms with Crippen LogP contribution in [0.15, 0.2) is 120 Å². The number of benzene rings is 5. The first kappa shape index (κ1) is 17.7. The summed E-state index contributed by atoms with van der Waals surface area (Å²) >= 11 is 3.88.